The number of aliphatic hydroxyl groups is 4. The Morgan fingerprint density at radius 2 is 1.09 bits per heavy atom. The van der Waals surface area contributed by atoms with E-state index in [1.807, 2.05) is 42.5 Å². The van der Waals surface area contributed by atoms with Gasteiger partial charge < -0.3 is 71.4 Å². The molecule has 16 atom stereocenters. The highest BCUT2D eigenvalue weighted by atomic mass is 127. The van der Waals surface area contributed by atoms with Crippen LogP contribution in [0.2, 0.25) is 0 Å². The normalized spacial score (nSPS) is 29.2. The van der Waals surface area contributed by atoms with Crippen LogP contribution in [-0.2, 0) is 32.4 Å². The van der Waals surface area contributed by atoms with Gasteiger partial charge in [-0.1, -0.05) is 71.9 Å². The zero-order chi connectivity index (χ0) is 66.0. The van der Waals surface area contributed by atoms with Crippen molar-refractivity contribution in [2.45, 2.75) is 143 Å². The summed E-state index contributed by atoms with van der Waals surface area (Å²) in [6, 6.07) is 19.1. The highest BCUT2D eigenvalue weighted by Crippen LogP contribution is 2.62. The van der Waals surface area contributed by atoms with Crippen LogP contribution in [0.5, 0.6) is 11.5 Å². The van der Waals surface area contributed by atoms with E-state index in [0.717, 1.165) is 27.7 Å². The Labute approximate surface area is 541 Å². The molecule has 492 valence electrons. The first kappa shape index (κ1) is 70.2. The number of nitrogens with one attached hydrogen (secondary N) is 4. The minimum Gasteiger partial charge on any atom is -0.496 e. The second-order valence-electron chi connectivity index (χ2n) is 26.5. The van der Waals surface area contributed by atoms with Crippen LogP contribution in [0, 0.1) is 61.7 Å². The predicted octanol–water partition coefficient (Wildman–Crippen LogP) is 5.83. The Bertz CT molecular complexity index is 3210. The molecule has 0 radical (unpaired) electrons. The third-order valence-electron chi connectivity index (χ3n) is 20.9. The molecular formula is C66H92BIN6O16. The van der Waals surface area contributed by atoms with Crippen molar-refractivity contribution in [2.24, 2.45) is 58.2 Å². The third-order valence-corrected chi connectivity index (χ3v) is 21.7. The number of para-hydroxylation sites is 2. The molecule has 8 aliphatic rings. The zero-order valence-corrected chi connectivity index (χ0v) is 55.7. The molecule has 6 aliphatic carbocycles. The van der Waals surface area contributed by atoms with E-state index in [1.54, 1.807) is 64.4 Å². The Balaban J connectivity index is 0.000000196. The molecule has 4 bridgehead atoms. The smallest absolute Gasteiger partial charge is 0.488 e. The topological polar surface area (TPSA) is 322 Å². The van der Waals surface area contributed by atoms with Gasteiger partial charge in [0, 0.05) is 66.1 Å². The molecule has 2 aliphatic heterocycles. The standard InChI is InChI=1S/C33H45N3O7.C25H37IN2O5.C8H10BNO4/c1-17-25-13-22(33(25,3)4)14-26(17)35-31(39)29-28(18(2)38)27(16-37)43-36(29)15-19-8-7-9-24(30(19)42-6)20-10-21(32(40)41)12-23(11-20)34-5;1-13-17-9-16(25(17,3)4)10-19(13)27-24(31)22-21(14(2)30)20(12-29)33-28(22)11-15-7-6-8-18(26)23(15)32-5;1-10-7-3-5(8(11)12)2-6(4-7)9(13)14/h7-12,17-18,22,25-29,34,37-38H,13-16H2,1-6H3,(H,35,39)(H,40,41);6-8,13-14,16-17,19-22,29-30H,9-12H2,1-5H3,(H,27,31);2-4,10,13-14H,1H3,(H,11,12)/t17-,18-,22+,25-,26-,27-,28+,29-;13-,14-,16+,17-,19-,20-,21+,22-;/m00./s1. The second kappa shape index (κ2) is 29.1. The van der Waals surface area contributed by atoms with Gasteiger partial charge in [0.2, 0.25) is 11.8 Å². The summed E-state index contributed by atoms with van der Waals surface area (Å²) in [6.07, 6.45) is 1.23. The van der Waals surface area contributed by atoms with Crippen LogP contribution in [0.1, 0.15) is 113 Å². The molecule has 2 amide bonds. The van der Waals surface area contributed by atoms with Crippen LogP contribution < -0.4 is 36.2 Å². The Kier molecular flexibility index (Phi) is 22.7. The number of hydrogen-bond donors (Lipinski definition) is 12. The molecule has 24 heteroatoms. The van der Waals surface area contributed by atoms with E-state index >= 15 is 0 Å². The molecule has 6 saturated carbocycles. The number of ether oxygens (including phenoxy) is 2. The number of hydrogen-bond acceptors (Lipinski definition) is 18. The average molecular weight is 1360 g/mol. The lowest BCUT2D eigenvalue weighted by atomic mass is 9.45. The molecule has 4 aromatic rings. The molecule has 0 spiro atoms. The van der Waals surface area contributed by atoms with Crippen LogP contribution in [0.4, 0.5) is 11.4 Å². The van der Waals surface area contributed by atoms with E-state index in [0.29, 0.717) is 81.3 Å². The van der Waals surface area contributed by atoms with Gasteiger partial charge >= 0.3 is 19.1 Å². The van der Waals surface area contributed by atoms with Gasteiger partial charge in [-0.25, -0.2) is 9.59 Å². The quantitative estimate of drug-likeness (QED) is 0.0366. The van der Waals surface area contributed by atoms with Crippen molar-refractivity contribution in [1.29, 1.82) is 0 Å². The van der Waals surface area contributed by atoms with Crippen LogP contribution in [0.25, 0.3) is 11.1 Å². The molecule has 2 heterocycles. The SMILES string of the molecule is CNc1cc(B(O)O)cc(C(=O)O)c1.CNc1cc(C(=O)O)cc(-c2cccc(CN3O[C@@H](CO)[C@@H]([C@H](C)O)[C@H]3C(=O)N[C@H]3C[C@H]4C[C@@H]([C@@H]3C)C4(C)C)c2OC)c1.COc1c(I)cccc1CN1O[C@@H](CO)[C@@H]([C@H](C)O)[C@H]1C(=O)N[C@H]1C[C@H]2C[C@@H]([C@@H]1C)C2(C)C. The van der Waals surface area contributed by atoms with Crippen molar-refractivity contribution < 1.29 is 79.0 Å². The number of anilines is 2. The number of benzene rings is 4. The molecule has 12 N–H and O–H groups in total. The second-order valence-corrected chi connectivity index (χ2v) is 27.7. The Hall–Kier alpha value is -5.65. The molecule has 0 aromatic heterocycles. The fourth-order valence-corrected chi connectivity index (χ4v) is 16.3. The highest BCUT2D eigenvalue weighted by molar-refractivity contribution is 14.1. The molecule has 4 aromatic carbocycles. The Morgan fingerprint density at radius 3 is 1.48 bits per heavy atom. The fraction of sp³-hybridized carbons (Fsp3) is 0.576. The number of aliphatic hydroxyl groups excluding tert-OH is 4. The number of amides is 2. The number of hydroxylamine groups is 4. The summed E-state index contributed by atoms with van der Waals surface area (Å²) in [7, 11) is 4.85. The summed E-state index contributed by atoms with van der Waals surface area (Å²) in [5.41, 5.74) is 5.03. The number of halogens is 1. The van der Waals surface area contributed by atoms with Crippen molar-refractivity contribution >= 4 is 70.3 Å². The van der Waals surface area contributed by atoms with Gasteiger partial charge in [-0.2, -0.15) is 10.1 Å². The van der Waals surface area contributed by atoms with Crippen LogP contribution in [-0.4, -0.2) is 172 Å². The summed E-state index contributed by atoms with van der Waals surface area (Å²) in [5.74, 6) is 0.676. The number of aromatic carboxylic acids is 2. The number of carbonyl (C=O) groups excluding carboxylic acids is 2. The summed E-state index contributed by atoms with van der Waals surface area (Å²) in [4.78, 5) is 62.4. The van der Waals surface area contributed by atoms with E-state index in [-0.39, 0.29) is 65.7 Å². The van der Waals surface area contributed by atoms with Gasteiger partial charge in [-0.05, 0) is 162 Å². The third kappa shape index (κ3) is 14.4. The molecular weight excluding hydrogens is 1270 g/mol. The van der Waals surface area contributed by atoms with Crippen LogP contribution in [0.3, 0.4) is 0 Å². The first-order valence-corrected chi connectivity index (χ1v) is 32.1. The van der Waals surface area contributed by atoms with Crippen molar-refractivity contribution in [3.8, 4) is 22.6 Å². The molecule has 0 unspecified atom stereocenters. The molecule has 2 saturated heterocycles. The number of fused-ring (bicyclic) bond motifs is 4. The predicted molar refractivity (Wildman–Crippen MR) is 349 cm³/mol. The van der Waals surface area contributed by atoms with E-state index in [2.05, 4.69) is 85.4 Å². The monoisotopic (exact) mass is 1360 g/mol. The lowest BCUT2D eigenvalue weighted by Crippen LogP contribution is -2.62. The van der Waals surface area contributed by atoms with Crippen LogP contribution >= 0.6 is 22.6 Å². The number of carboxylic acid groups (broad SMARTS) is 2. The zero-order valence-electron chi connectivity index (χ0n) is 53.5. The van der Waals surface area contributed by atoms with Gasteiger partial charge in [0.1, 0.15) is 35.8 Å². The number of methoxy groups -OCH3 is 2. The first-order chi connectivity index (χ1) is 42.5. The van der Waals surface area contributed by atoms with E-state index in [4.69, 9.17) is 34.3 Å². The largest absolute Gasteiger partial charge is 0.496 e. The molecule has 8 fully saturated rings. The van der Waals surface area contributed by atoms with E-state index < -0.39 is 67.4 Å². The summed E-state index contributed by atoms with van der Waals surface area (Å²) < 4.78 is 12.4. The van der Waals surface area contributed by atoms with E-state index in [9.17, 15) is 44.7 Å². The maximum atomic E-state index is 14.0. The van der Waals surface area contributed by atoms with Crippen LogP contribution in [0.15, 0.2) is 72.8 Å². The molecule has 90 heavy (non-hydrogen) atoms. The average Bonchev–Trinajstić information content (AvgIpc) is 0.920. The summed E-state index contributed by atoms with van der Waals surface area (Å²) in [6.45, 7) is 16.9. The highest BCUT2D eigenvalue weighted by Gasteiger charge is 2.59. The Morgan fingerprint density at radius 1 is 0.656 bits per heavy atom. The summed E-state index contributed by atoms with van der Waals surface area (Å²) >= 11 is 2.22. The minimum absolute atomic E-state index is 0.0138. The molecule has 12 rings (SSSR count). The van der Waals surface area contributed by atoms with Gasteiger partial charge in [-0.3, -0.25) is 19.3 Å². The number of rotatable bonds is 20. The maximum absolute atomic E-state index is 14.0. The van der Waals surface area contributed by atoms with Gasteiger partial charge in [0.25, 0.3) is 0 Å². The van der Waals surface area contributed by atoms with Gasteiger partial charge in [0.05, 0.1) is 67.4 Å². The number of carboxylic acids is 2. The summed E-state index contributed by atoms with van der Waals surface area (Å²) in [5, 5.41) is 93.1. The fourth-order valence-electron chi connectivity index (χ4n) is 15.5. The molecule has 22 nitrogen and oxygen atoms in total. The lowest BCUT2D eigenvalue weighted by Gasteiger charge is -2.62. The lowest BCUT2D eigenvalue weighted by molar-refractivity contribution is -0.183. The number of nitrogens with zero attached hydrogens (tertiary/aromatic N) is 2. The van der Waals surface area contributed by atoms with Crippen molar-refractivity contribution in [2.75, 3.05) is 52.2 Å². The first-order valence-electron chi connectivity index (χ1n) is 31.1. The maximum Gasteiger partial charge on any atom is 0.488 e. The number of carbonyl (C=O) groups is 4. The van der Waals surface area contributed by atoms with Gasteiger partial charge in [0.15, 0.2) is 0 Å². The van der Waals surface area contributed by atoms with Crippen molar-refractivity contribution in [3.05, 3.63) is 98.6 Å². The van der Waals surface area contributed by atoms with Crippen molar-refractivity contribution in [1.82, 2.24) is 20.8 Å². The van der Waals surface area contributed by atoms with Gasteiger partial charge in [-0.15, -0.1) is 0 Å². The van der Waals surface area contributed by atoms with Crippen molar-refractivity contribution in [3.63, 3.8) is 0 Å². The minimum atomic E-state index is -1.67. The van der Waals surface area contributed by atoms with E-state index in [1.165, 1.54) is 31.0 Å².